The summed E-state index contributed by atoms with van der Waals surface area (Å²) < 4.78 is 72.2. The quantitative estimate of drug-likeness (QED) is 0.698. The number of aryl methyl sites for hydroxylation is 1. The molecule has 0 spiro atoms. The molecule has 1 aromatic rings. The molecule has 0 amide bonds. The van der Waals surface area contributed by atoms with Gasteiger partial charge in [-0.25, -0.2) is 25.3 Å². The monoisotopic (exact) mass is 383 g/mol. The fourth-order valence-electron chi connectivity index (χ4n) is 2.40. The lowest BCUT2D eigenvalue weighted by atomic mass is 10.2. The van der Waals surface area contributed by atoms with Gasteiger partial charge in [0.1, 0.15) is 0 Å². The molecular weight excluding hydrogens is 366 g/mol. The first-order valence-electron chi connectivity index (χ1n) is 6.59. The van der Waals surface area contributed by atoms with Crippen molar-refractivity contribution < 1.29 is 30.1 Å². The molecule has 1 N–H and O–H groups in total. The van der Waals surface area contributed by atoms with Crippen LogP contribution in [0.3, 0.4) is 0 Å². The highest BCUT2D eigenvalue weighted by atomic mass is 32.2. The fourth-order valence-corrected chi connectivity index (χ4v) is 7.94. The van der Waals surface area contributed by atoms with E-state index in [1.165, 1.54) is 19.1 Å². The highest BCUT2D eigenvalue weighted by molar-refractivity contribution is 7.96. The molecule has 0 saturated carbocycles. The van der Waals surface area contributed by atoms with Gasteiger partial charge in [0.15, 0.2) is 19.7 Å². The Kier molecular flexibility index (Phi) is 4.89. The third-order valence-electron chi connectivity index (χ3n) is 3.60. The first-order chi connectivity index (χ1) is 10.5. The summed E-state index contributed by atoms with van der Waals surface area (Å²) in [5, 5.41) is -1.05. The van der Waals surface area contributed by atoms with E-state index in [9.17, 15) is 25.3 Å². The van der Waals surface area contributed by atoms with Crippen molar-refractivity contribution in [1.29, 1.82) is 0 Å². The zero-order valence-corrected chi connectivity index (χ0v) is 15.0. The van der Waals surface area contributed by atoms with Crippen LogP contribution >= 0.6 is 0 Å². The van der Waals surface area contributed by atoms with Crippen LogP contribution in [-0.4, -0.2) is 49.1 Å². The van der Waals surface area contributed by atoms with Gasteiger partial charge in [-0.15, -0.1) is 0 Å². The summed E-state index contributed by atoms with van der Waals surface area (Å²) >= 11 is 0. The average Bonchev–Trinajstić information content (AvgIpc) is 2.79. The van der Waals surface area contributed by atoms with E-state index in [0.29, 0.717) is 5.56 Å². The van der Waals surface area contributed by atoms with Gasteiger partial charge in [0.25, 0.3) is 10.0 Å². The Bertz CT molecular complexity index is 917. The minimum absolute atomic E-state index is 0.0109. The highest BCUT2D eigenvalue weighted by Crippen LogP contribution is 2.28. The molecule has 0 aliphatic carbocycles. The molecule has 130 valence electrons. The van der Waals surface area contributed by atoms with Crippen LogP contribution in [0.1, 0.15) is 12.0 Å². The van der Waals surface area contributed by atoms with Crippen molar-refractivity contribution in [3.8, 4) is 0 Å². The van der Waals surface area contributed by atoms with Crippen molar-refractivity contribution in [2.75, 3.05) is 18.6 Å². The largest absolute Gasteiger partial charge is 0.290 e. The predicted octanol–water partition coefficient (Wildman–Crippen LogP) is -0.204. The third-order valence-corrected chi connectivity index (χ3v) is 9.18. The molecule has 1 saturated heterocycles. The van der Waals surface area contributed by atoms with E-state index in [2.05, 4.69) is 4.84 Å². The lowest BCUT2D eigenvalue weighted by Gasteiger charge is -2.13. The summed E-state index contributed by atoms with van der Waals surface area (Å²) in [5.41, 5.74) is 0.340. The maximum Gasteiger partial charge on any atom is 0.262 e. The van der Waals surface area contributed by atoms with Crippen LogP contribution < -0.4 is 4.89 Å². The average molecular weight is 383 g/mol. The van der Waals surface area contributed by atoms with E-state index < -0.39 is 40.7 Å². The predicted molar refractivity (Wildman–Crippen MR) is 82.8 cm³/mol. The topological polar surface area (TPSA) is 124 Å². The lowest BCUT2D eigenvalue weighted by molar-refractivity contribution is 0.153. The third kappa shape index (κ3) is 3.74. The van der Waals surface area contributed by atoms with Gasteiger partial charge in [-0.2, -0.15) is 0 Å². The Morgan fingerprint density at radius 3 is 2.39 bits per heavy atom. The Labute approximate surface area is 135 Å². The molecule has 1 aromatic carbocycles. The van der Waals surface area contributed by atoms with Crippen LogP contribution in [-0.2, 0) is 34.5 Å². The second-order valence-electron chi connectivity index (χ2n) is 5.29. The van der Waals surface area contributed by atoms with Crippen LogP contribution in [0.2, 0.25) is 0 Å². The summed E-state index contributed by atoms with van der Waals surface area (Å²) in [6.07, 6.45) is 0.0109. The minimum atomic E-state index is -4.03. The molecule has 11 heteroatoms. The number of hydrogen-bond acceptors (Lipinski definition) is 7. The van der Waals surface area contributed by atoms with Gasteiger partial charge in [0.2, 0.25) is 0 Å². The first-order valence-corrected chi connectivity index (χ1v) is 11.4. The number of sulfonamides is 1. The summed E-state index contributed by atoms with van der Waals surface area (Å²) in [6, 6.07) is 3.67. The van der Waals surface area contributed by atoms with Gasteiger partial charge >= 0.3 is 0 Å². The van der Waals surface area contributed by atoms with Crippen LogP contribution in [0, 0.1) is 6.92 Å². The van der Waals surface area contributed by atoms with E-state index in [0.717, 1.165) is 13.2 Å². The molecule has 2 rings (SSSR count). The van der Waals surface area contributed by atoms with Gasteiger partial charge in [-0.3, -0.25) is 4.84 Å². The Morgan fingerprint density at radius 1 is 1.22 bits per heavy atom. The first kappa shape index (κ1) is 18.3. The van der Waals surface area contributed by atoms with Crippen molar-refractivity contribution in [1.82, 2.24) is 4.89 Å². The van der Waals surface area contributed by atoms with Crippen molar-refractivity contribution >= 4 is 29.7 Å². The smallest absolute Gasteiger partial charge is 0.262 e. The zero-order chi connectivity index (χ0) is 17.5. The molecule has 8 nitrogen and oxygen atoms in total. The number of sulfone groups is 2. The molecule has 1 aliphatic heterocycles. The lowest BCUT2D eigenvalue weighted by Crippen LogP contribution is -2.25. The highest BCUT2D eigenvalue weighted by Gasteiger charge is 2.38. The Morgan fingerprint density at radius 2 is 1.87 bits per heavy atom. The molecule has 23 heavy (non-hydrogen) atoms. The maximum absolute atomic E-state index is 12.6. The molecular formula is C12H17NO7S3. The van der Waals surface area contributed by atoms with Crippen molar-refractivity contribution in [3.05, 3.63) is 23.8 Å². The number of hydrogen-bond donors (Lipinski definition) is 1. The van der Waals surface area contributed by atoms with Crippen LogP contribution in [0.15, 0.2) is 28.0 Å². The SMILES string of the molecule is CONS(=O)(=O)c1cc(S(=O)(=O)C2CCS(=O)(=O)C2)ccc1C. The minimum Gasteiger partial charge on any atom is -0.290 e. The van der Waals surface area contributed by atoms with Gasteiger partial charge < -0.3 is 0 Å². The molecule has 1 aliphatic rings. The summed E-state index contributed by atoms with van der Waals surface area (Å²) in [4.78, 5) is 5.77. The number of nitrogens with one attached hydrogen (secondary N) is 1. The molecule has 1 heterocycles. The summed E-state index contributed by atoms with van der Waals surface area (Å²) in [7, 11) is -10.2. The summed E-state index contributed by atoms with van der Waals surface area (Å²) in [5.74, 6) is -0.624. The Balaban J connectivity index is 2.49. The van der Waals surface area contributed by atoms with Crippen molar-refractivity contribution in [2.24, 2.45) is 0 Å². The van der Waals surface area contributed by atoms with Crippen LogP contribution in [0.5, 0.6) is 0 Å². The van der Waals surface area contributed by atoms with E-state index >= 15 is 0 Å². The molecule has 1 atom stereocenters. The van der Waals surface area contributed by atoms with Gasteiger partial charge in [-0.05, 0) is 31.0 Å². The summed E-state index contributed by atoms with van der Waals surface area (Å²) in [6.45, 7) is 1.51. The van der Waals surface area contributed by atoms with Crippen LogP contribution in [0.4, 0.5) is 0 Å². The normalized spacial score (nSPS) is 21.4. The van der Waals surface area contributed by atoms with Gasteiger partial charge in [-0.1, -0.05) is 11.0 Å². The van der Waals surface area contributed by atoms with Gasteiger partial charge in [0, 0.05) is 0 Å². The second-order valence-corrected chi connectivity index (χ2v) is 11.4. The maximum atomic E-state index is 12.6. The number of rotatable bonds is 5. The number of benzene rings is 1. The van der Waals surface area contributed by atoms with E-state index in [-0.39, 0.29) is 22.0 Å². The van der Waals surface area contributed by atoms with E-state index in [1.807, 2.05) is 4.89 Å². The van der Waals surface area contributed by atoms with E-state index in [4.69, 9.17) is 0 Å². The van der Waals surface area contributed by atoms with Crippen LogP contribution in [0.25, 0.3) is 0 Å². The fraction of sp³-hybridized carbons (Fsp3) is 0.500. The molecule has 0 radical (unpaired) electrons. The van der Waals surface area contributed by atoms with Crippen molar-refractivity contribution in [3.63, 3.8) is 0 Å². The molecule has 1 unspecified atom stereocenters. The molecule has 0 aromatic heterocycles. The van der Waals surface area contributed by atoms with Crippen molar-refractivity contribution in [2.45, 2.75) is 28.4 Å². The molecule has 0 bridgehead atoms. The van der Waals surface area contributed by atoms with Gasteiger partial charge in [0.05, 0.1) is 33.7 Å². The zero-order valence-electron chi connectivity index (χ0n) is 12.5. The Hall–Kier alpha value is -1.01. The van der Waals surface area contributed by atoms with E-state index in [1.54, 1.807) is 0 Å². The second kappa shape index (κ2) is 6.13. The molecule has 1 fully saturated rings. The standard InChI is InChI=1S/C12H17NO7S3/c1-9-3-4-10(7-12(9)23(18,19)13-20-2)22(16,17)11-5-6-21(14,15)8-11/h3-4,7,11,13H,5-6,8H2,1-2H3.